The Morgan fingerprint density at radius 3 is 2.63 bits per heavy atom. The van der Waals surface area contributed by atoms with E-state index in [4.69, 9.17) is 23.8 Å². The molecular formula is C13H7ClF2N2S. The molecule has 1 N–H and O–H groups in total. The topological polar surface area (TPSA) is 20.7 Å². The SMILES string of the molecule is Fc1ccc(-n2c(=S)[nH]c3c(Cl)cccc32)cc1F. The Balaban J connectivity index is 2.36. The Morgan fingerprint density at radius 2 is 1.89 bits per heavy atom. The molecule has 0 aliphatic carbocycles. The number of nitrogens with one attached hydrogen (secondary N) is 1. The van der Waals surface area contributed by atoms with Crippen molar-refractivity contribution in [3.63, 3.8) is 0 Å². The lowest BCUT2D eigenvalue weighted by atomic mass is 10.2. The smallest absolute Gasteiger partial charge is 0.182 e. The first-order valence-corrected chi connectivity index (χ1v) is 6.21. The van der Waals surface area contributed by atoms with Gasteiger partial charge in [-0.25, -0.2) is 8.78 Å². The molecule has 0 atom stereocenters. The van der Waals surface area contributed by atoms with Gasteiger partial charge in [0, 0.05) is 6.07 Å². The fourth-order valence-electron chi connectivity index (χ4n) is 1.98. The molecule has 0 bridgehead atoms. The predicted octanol–water partition coefficient (Wildman–Crippen LogP) is 4.62. The van der Waals surface area contributed by atoms with Crippen molar-refractivity contribution < 1.29 is 8.78 Å². The van der Waals surface area contributed by atoms with Gasteiger partial charge in [0.1, 0.15) is 0 Å². The molecule has 0 unspecified atom stereocenters. The second-order valence-electron chi connectivity index (χ2n) is 4.00. The lowest BCUT2D eigenvalue weighted by molar-refractivity contribution is 0.508. The number of hydrogen-bond acceptors (Lipinski definition) is 1. The van der Waals surface area contributed by atoms with Gasteiger partial charge in [-0.3, -0.25) is 4.57 Å². The lowest BCUT2D eigenvalue weighted by Crippen LogP contribution is -1.96. The predicted molar refractivity (Wildman–Crippen MR) is 73.4 cm³/mol. The van der Waals surface area contributed by atoms with E-state index in [0.29, 0.717) is 26.5 Å². The van der Waals surface area contributed by atoms with Gasteiger partial charge < -0.3 is 4.98 Å². The summed E-state index contributed by atoms with van der Waals surface area (Å²) < 4.78 is 28.3. The number of imidazole rings is 1. The summed E-state index contributed by atoms with van der Waals surface area (Å²) in [5.74, 6) is -1.82. The Bertz CT molecular complexity index is 838. The van der Waals surface area contributed by atoms with Crippen LogP contribution in [0.25, 0.3) is 16.7 Å². The van der Waals surface area contributed by atoms with Gasteiger partial charge in [-0.15, -0.1) is 0 Å². The normalized spacial score (nSPS) is 11.1. The van der Waals surface area contributed by atoms with Crippen LogP contribution in [-0.2, 0) is 0 Å². The molecule has 96 valence electrons. The van der Waals surface area contributed by atoms with E-state index in [-0.39, 0.29) is 0 Å². The Labute approximate surface area is 117 Å². The summed E-state index contributed by atoms with van der Waals surface area (Å²) in [5, 5.41) is 0.518. The summed E-state index contributed by atoms with van der Waals surface area (Å²) in [6, 6.07) is 8.92. The van der Waals surface area contributed by atoms with Crippen LogP contribution in [0, 0.1) is 16.4 Å². The minimum absolute atomic E-state index is 0.370. The van der Waals surface area contributed by atoms with Crippen LogP contribution in [0.15, 0.2) is 36.4 Å². The van der Waals surface area contributed by atoms with Crippen LogP contribution in [-0.4, -0.2) is 9.55 Å². The van der Waals surface area contributed by atoms with Crippen molar-refractivity contribution in [3.8, 4) is 5.69 Å². The fourth-order valence-corrected chi connectivity index (χ4v) is 2.50. The first kappa shape index (κ1) is 12.3. The molecule has 1 heterocycles. The zero-order valence-electron chi connectivity index (χ0n) is 9.45. The molecular weight excluding hydrogens is 290 g/mol. The molecule has 0 amide bonds. The van der Waals surface area contributed by atoms with E-state index >= 15 is 0 Å². The number of halogens is 3. The maximum atomic E-state index is 13.3. The molecule has 0 spiro atoms. The Kier molecular flexibility index (Phi) is 2.88. The minimum Gasteiger partial charge on any atom is -0.329 e. The summed E-state index contributed by atoms with van der Waals surface area (Å²) in [6.45, 7) is 0. The second kappa shape index (κ2) is 4.43. The summed E-state index contributed by atoms with van der Waals surface area (Å²) in [6.07, 6.45) is 0. The summed E-state index contributed by atoms with van der Waals surface area (Å²) in [7, 11) is 0. The van der Waals surface area contributed by atoms with Crippen LogP contribution in [0.2, 0.25) is 5.02 Å². The van der Waals surface area contributed by atoms with Gasteiger partial charge in [0.15, 0.2) is 16.4 Å². The van der Waals surface area contributed by atoms with Crippen LogP contribution in [0.3, 0.4) is 0 Å². The molecule has 0 radical (unpaired) electrons. The van der Waals surface area contributed by atoms with E-state index in [1.807, 2.05) is 0 Å². The maximum Gasteiger partial charge on any atom is 0.182 e. The molecule has 0 fully saturated rings. The first-order chi connectivity index (χ1) is 9.08. The van der Waals surface area contributed by atoms with Gasteiger partial charge in [-0.05, 0) is 36.5 Å². The van der Waals surface area contributed by atoms with Crippen LogP contribution in [0.4, 0.5) is 8.78 Å². The van der Waals surface area contributed by atoms with Crippen molar-refractivity contribution in [2.75, 3.05) is 0 Å². The largest absolute Gasteiger partial charge is 0.329 e. The molecule has 0 aliphatic heterocycles. The van der Waals surface area contributed by atoms with Gasteiger partial charge in [-0.1, -0.05) is 17.7 Å². The van der Waals surface area contributed by atoms with Crippen molar-refractivity contribution in [1.82, 2.24) is 9.55 Å². The summed E-state index contributed by atoms with van der Waals surface area (Å²) >= 11 is 11.3. The van der Waals surface area contributed by atoms with E-state index in [9.17, 15) is 8.78 Å². The number of aromatic nitrogens is 2. The molecule has 0 saturated heterocycles. The zero-order chi connectivity index (χ0) is 13.6. The number of H-pyrrole nitrogens is 1. The van der Waals surface area contributed by atoms with Crippen molar-refractivity contribution in [2.45, 2.75) is 0 Å². The van der Waals surface area contributed by atoms with E-state index in [2.05, 4.69) is 4.98 Å². The van der Waals surface area contributed by atoms with Gasteiger partial charge in [0.05, 0.1) is 21.7 Å². The number of para-hydroxylation sites is 1. The number of nitrogens with zero attached hydrogens (tertiary/aromatic N) is 1. The molecule has 2 aromatic carbocycles. The Morgan fingerprint density at radius 1 is 1.11 bits per heavy atom. The number of benzene rings is 2. The van der Waals surface area contributed by atoms with E-state index < -0.39 is 11.6 Å². The lowest BCUT2D eigenvalue weighted by Gasteiger charge is -2.05. The van der Waals surface area contributed by atoms with Gasteiger partial charge in [0.2, 0.25) is 0 Å². The second-order valence-corrected chi connectivity index (χ2v) is 4.79. The zero-order valence-corrected chi connectivity index (χ0v) is 11.0. The van der Waals surface area contributed by atoms with Crippen LogP contribution >= 0.6 is 23.8 Å². The fraction of sp³-hybridized carbons (Fsp3) is 0. The highest BCUT2D eigenvalue weighted by Crippen LogP contribution is 2.25. The number of hydrogen-bond donors (Lipinski definition) is 1. The molecule has 0 aliphatic rings. The van der Waals surface area contributed by atoms with Crippen LogP contribution in [0.1, 0.15) is 0 Å². The standard InChI is InChI=1S/C13H7ClF2N2S/c14-8-2-1-3-11-12(8)17-13(19)18(11)7-4-5-9(15)10(16)6-7/h1-6H,(H,17,19). The maximum absolute atomic E-state index is 13.3. The number of rotatable bonds is 1. The van der Waals surface area contributed by atoms with E-state index in [1.54, 1.807) is 22.8 Å². The highest BCUT2D eigenvalue weighted by Gasteiger charge is 2.10. The Hall–Kier alpha value is -1.72. The molecule has 6 heteroatoms. The third kappa shape index (κ3) is 1.95. The first-order valence-electron chi connectivity index (χ1n) is 5.42. The molecule has 0 saturated carbocycles. The highest BCUT2D eigenvalue weighted by molar-refractivity contribution is 7.71. The summed E-state index contributed by atoms with van der Waals surface area (Å²) in [5.41, 5.74) is 1.82. The average molecular weight is 297 g/mol. The number of fused-ring (bicyclic) bond motifs is 1. The van der Waals surface area contributed by atoms with Crippen molar-refractivity contribution in [1.29, 1.82) is 0 Å². The van der Waals surface area contributed by atoms with Gasteiger partial charge >= 0.3 is 0 Å². The van der Waals surface area contributed by atoms with Crippen molar-refractivity contribution >= 4 is 34.9 Å². The van der Waals surface area contributed by atoms with Crippen LogP contribution < -0.4 is 0 Å². The van der Waals surface area contributed by atoms with Crippen LogP contribution in [0.5, 0.6) is 0 Å². The van der Waals surface area contributed by atoms with Crippen molar-refractivity contribution in [3.05, 3.63) is 57.8 Å². The number of aromatic amines is 1. The summed E-state index contributed by atoms with van der Waals surface area (Å²) in [4.78, 5) is 2.96. The third-order valence-electron chi connectivity index (χ3n) is 2.83. The van der Waals surface area contributed by atoms with Gasteiger partial charge in [-0.2, -0.15) is 0 Å². The molecule has 3 aromatic rings. The van der Waals surface area contributed by atoms with E-state index in [1.165, 1.54) is 6.07 Å². The monoisotopic (exact) mass is 296 g/mol. The van der Waals surface area contributed by atoms with Gasteiger partial charge in [0.25, 0.3) is 0 Å². The molecule has 3 rings (SSSR count). The highest BCUT2D eigenvalue weighted by atomic mass is 35.5. The molecule has 1 aromatic heterocycles. The molecule has 19 heavy (non-hydrogen) atoms. The quantitative estimate of drug-likeness (QED) is 0.650. The van der Waals surface area contributed by atoms with Crippen molar-refractivity contribution in [2.24, 2.45) is 0 Å². The minimum atomic E-state index is -0.921. The average Bonchev–Trinajstić information content (AvgIpc) is 2.71. The molecule has 2 nitrogen and oxygen atoms in total. The third-order valence-corrected chi connectivity index (χ3v) is 3.43. The van der Waals surface area contributed by atoms with E-state index in [0.717, 1.165) is 12.1 Å².